The maximum absolute atomic E-state index is 11.1. The van der Waals surface area contributed by atoms with Gasteiger partial charge in [-0.1, -0.05) is 6.08 Å². The number of nitrogens with one attached hydrogen (secondary N) is 2. The summed E-state index contributed by atoms with van der Waals surface area (Å²) in [6.07, 6.45) is 3.33. The Bertz CT molecular complexity index is 308. The number of thiazole rings is 1. The van der Waals surface area contributed by atoms with E-state index in [9.17, 15) is 4.79 Å². The van der Waals surface area contributed by atoms with Crippen LogP contribution in [0.3, 0.4) is 0 Å². The number of rotatable bonds is 3. The summed E-state index contributed by atoms with van der Waals surface area (Å²) in [5, 5.41) is 5.81. The van der Waals surface area contributed by atoms with E-state index in [0.717, 1.165) is 4.88 Å². The van der Waals surface area contributed by atoms with Gasteiger partial charge in [0.1, 0.15) is 0 Å². The summed E-state index contributed by atoms with van der Waals surface area (Å²) in [5.74, 6) is 0. The van der Waals surface area contributed by atoms with Crippen molar-refractivity contribution in [3.63, 3.8) is 0 Å². The van der Waals surface area contributed by atoms with Crippen molar-refractivity contribution in [2.45, 2.75) is 6.92 Å². The first-order valence-corrected chi connectivity index (χ1v) is 4.62. The Hall–Kier alpha value is -1.36. The molecule has 5 heteroatoms. The predicted octanol–water partition coefficient (Wildman–Crippen LogP) is 1.76. The number of aryl methyl sites for hydroxylation is 1. The number of hydrogen-bond donors (Lipinski definition) is 2. The zero-order chi connectivity index (χ0) is 9.68. The zero-order valence-corrected chi connectivity index (χ0v) is 8.15. The molecule has 4 nitrogen and oxygen atoms in total. The highest BCUT2D eigenvalue weighted by Crippen LogP contribution is 2.15. The van der Waals surface area contributed by atoms with Crippen LogP contribution < -0.4 is 10.6 Å². The van der Waals surface area contributed by atoms with E-state index in [1.807, 2.05) is 6.92 Å². The second kappa shape index (κ2) is 4.61. The third kappa shape index (κ3) is 3.25. The average molecular weight is 197 g/mol. The molecule has 1 aromatic heterocycles. The van der Waals surface area contributed by atoms with Crippen LogP contribution in [-0.2, 0) is 0 Å². The van der Waals surface area contributed by atoms with Crippen molar-refractivity contribution in [2.24, 2.45) is 0 Å². The fourth-order valence-electron chi connectivity index (χ4n) is 0.719. The number of carbonyl (C=O) groups is 1. The topological polar surface area (TPSA) is 54.0 Å². The third-order valence-corrected chi connectivity index (χ3v) is 2.08. The van der Waals surface area contributed by atoms with Gasteiger partial charge in [0.25, 0.3) is 0 Å². The monoisotopic (exact) mass is 197 g/mol. The lowest BCUT2D eigenvalue weighted by molar-refractivity contribution is 0.253. The fraction of sp³-hybridized carbons (Fsp3) is 0.250. The standard InChI is InChI=1S/C8H11N3OS/c1-3-4-9-7(12)11-8-10-5-6(2)13-8/h3,5H,1,4H2,2H3,(H2,9,10,11,12). The van der Waals surface area contributed by atoms with E-state index in [2.05, 4.69) is 22.2 Å². The van der Waals surface area contributed by atoms with Crippen molar-refractivity contribution < 1.29 is 4.79 Å². The van der Waals surface area contributed by atoms with Crippen molar-refractivity contribution in [1.29, 1.82) is 0 Å². The van der Waals surface area contributed by atoms with E-state index < -0.39 is 0 Å². The molecule has 0 saturated carbocycles. The lowest BCUT2D eigenvalue weighted by Gasteiger charge is -2.00. The second-order valence-corrected chi connectivity index (χ2v) is 3.63. The first-order valence-electron chi connectivity index (χ1n) is 3.80. The van der Waals surface area contributed by atoms with Gasteiger partial charge in [0.15, 0.2) is 5.13 Å². The average Bonchev–Trinajstić information content (AvgIpc) is 2.48. The van der Waals surface area contributed by atoms with Gasteiger partial charge in [-0.25, -0.2) is 9.78 Å². The molecule has 1 heterocycles. The van der Waals surface area contributed by atoms with Crippen LogP contribution >= 0.6 is 11.3 Å². The van der Waals surface area contributed by atoms with Crippen LogP contribution in [0.15, 0.2) is 18.9 Å². The van der Waals surface area contributed by atoms with Crippen molar-refractivity contribution in [1.82, 2.24) is 10.3 Å². The van der Waals surface area contributed by atoms with Gasteiger partial charge < -0.3 is 5.32 Å². The molecule has 0 saturated heterocycles. The van der Waals surface area contributed by atoms with Crippen LogP contribution in [0.4, 0.5) is 9.93 Å². The van der Waals surface area contributed by atoms with Crippen molar-refractivity contribution in [3.05, 3.63) is 23.7 Å². The van der Waals surface area contributed by atoms with Crippen LogP contribution in [0, 0.1) is 6.92 Å². The molecule has 0 bridgehead atoms. The maximum atomic E-state index is 11.1. The molecule has 0 aliphatic carbocycles. The molecular formula is C8H11N3OS. The number of amides is 2. The highest BCUT2D eigenvalue weighted by Gasteiger charge is 2.02. The summed E-state index contributed by atoms with van der Waals surface area (Å²) in [6, 6.07) is -0.255. The maximum Gasteiger partial charge on any atom is 0.321 e. The molecule has 0 aliphatic rings. The normalized spacial score (nSPS) is 9.31. The molecule has 0 unspecified atom stereocenters. The van der Waals surface area contributed by atoms with E-state index in [-0.39, 0.29) is 6.03 Å². The number of hydrogen-bond acceptors (Lipinski definition) is 3. The summed E-state index contributed by atoms with van der Waals surface area (Å²) >= 11 is 1.44. The molecule has 0 radical (unpaired) electrons. The first kappa shape index (κ1) is 9.73. The molecule has 0 aliphatic heterocycles. The third-order valence-electron chi connectivity index (χ3n) is 1.25. The Morgan fingerprint density at radius 2 is 2.62 bits per heavy atom. The first-order chi connectivity index (χ1) is 6.22. The highest BCUT2D eigenvalue weighted by molar-refractivity contribution is 7.15. The van der Waals surface area contributed by atoms with Crippen LogP contribution in [0.2, 0.25) is 0 Å². The van der Waals surface area contributed by atoms with E-state index in [1.165, 1.54) is 11.3 Å². The van der Waals surface area contributed by atoms with Gasteiger partial charge in [0.05, 0.1) is 0 Å². The Balaban J connectivity index is 2.40. The van der Waals surface area contributed by atoms with Gasteiger partial charge in [-0.3, -0.25) is 5.32 Å². The molecule has 1 aromatic rings. The van der Waals surface area contributed by atoms with Gasteiger partial charge in [-0.2, -0.15) is 0 Å². The van der Waals surface area contributed by atoms with E-state index >= 15 is 0 Å². The number of carbonyl (C=O) groups excluding carboxylic acids is 1. The van der Waals surface area contributed by atoms with Gasteiger partial charge in [-0.15, -0.1) is 17.9 Å². The Morgan fingerprint density at radius 3 is 3.15 bits per heavy atom. The molecule has 13 heavy (non-hydrogen) atoms. The molecule has 0 fully saturated rings. The molecule has 70 valence electrons. The van der Waals surface area contributed by atoms with E-state index in [1.54, 1.807) is 12.3 Å². The number of aromatic nitrogens is 1. The lowest BCUT2D eigenvalue weighted by Crippen LogP contribution is -2.28. The highest BCUT2D eigenvalue weighted by atomic mass is 32.1. The summed E-state index contributed by atoms with van der Waals surface area (Å²) in [6.45, 7) is 5.88. The molecular weight excluding hydrogens is 186 g/mol. The number of anilines is 1. The molecule has 1 rings (SSSR count). The second-order valence-electron chi connectivity index (χ2n) is 2.40. The number of nitrogens with zero attached hydrogens (tertiary/aromatic N) is 1. The van der Waals surface area contributed by atoms with E-state index in [4.69, 9.17) is 0 Å². The van der Waals surface area contributed by atoms with Crippen LogP contribution in [0.5, 0.6) is 0 Å². The lowest BCUT2D eigenvalue weighted by atomic mass is 10.6. The summed E-state index contributed by atoms with van der Waals surface area (Å²) in [4.78, 5) is 16.1. The minimum atomic E-state index is -0.255. The molecule has 0 spiro atoms. The summed E-state index contributed by atoms with van der Waals surface area (Å²) in [5.41, 5.74) is 0. The fourth-order valence-corrected chi connectivity index (χ4v) is 1.38. The van der Waals surface area contributed by atoms with Crippen molar-refractivity contribution >= 4 is 22.5 Å². The predicted molar refractivity (Wildman–Crippen MR) is 54.1 cm³/mol. The largest absolute Gasteiger partial charge is 0.334 e. The van der Waals surface area contributed by atoms with Crippen molar-refractivity contribution in [3.8, 4) is 0 Å². The quantitative estimate of drug-likeness (QED) is 0.725. The van der Waals surface area contributed by atoms with Crippen LogP contribution in [0.1, 0.15) is 4.88 Å². The smallest absolute Gasteiger partial charge is 0.321 e. The van der Waals surface area contributed by atoms with Gasteiger partial charge in [0, 0.05) is 17.6 Å². The van der Waals surface area contributed by atoms with Crippen LogP contribution in [0.25, 0.3) is 0 Å². The minimum absolute atomic E-state index is 0.255. The Morgan fingerprint density at radius 1 is 1.85 bits per heavy atom. The zero-order valence-electron chi connectivity index (χ0n) is 7.33. The molecule has 2 amide bonds. The molecule has 2 N–H and O–H groups in total. The molecule has 0 aromatic carbocycles. The summed E-state index contributed by atoms with van der Waals surface area (Å²) in [7, 11) is 0. The summed E-state index contributed by atoms with van der Waals surface area (Å²) < 4.78 is 0. The minimum Gasteiger partial charge on any atom is -0.334 e. The Kier molecular flexibility index (Phi) is 3.45. The van der Waals surface area contributed by atoms with Crippen molar-refractivity contribution in [2.75, 3.05) is 11.9 Å². The van der Waals surface area contributed by atoms with Gasteiger partial charge >= 0.3 is 6.03 Å². The number of urea groups is 1. The van der Waals surface area contributed by atoms with Gasteiger partial charge in [0.2, 0.25) is 0 Å². The van der Waals surface area contributed by atoms with Gasteiger partial charge in [-0.05, 0) is 6.92 Å². The van der Waals surface area contributed by atoms with Crippen LogP contribution in [-0.4, -0.2) is 17.6 Å². The Labute approximate surface area is 80.7 Å². The SMILES string of the molecule is C=CCNC(=O)Nc1ncc(C)s1. The molecule has 0 atom stereocenters. The van der Waals surface area contributed by atoms with E-state index in [0.29, 0.717) is 11.7 Å².